The highest BCUT2D eigenvalue weighted by atomic mass is 19.3. The van der Waals surface area contributed by atoms with Crippen LogP contribution in [0.3, 0.4) is 0 Å². The molecule has 0 radical (unpaired) electrons. The molecule has 26 heavy (non-hydrogen) atoms. The zero-order valence-corrected chi connectivity index (χ0v) is 14.9. The van der Waals surface area contributed by atoms with Crippen LogP contribution in [0, 0.1) is 0 Å². The Hall–Kier alpha value is -2.02. The number of aromatic nitrogens is 2. The molecule has 2 bridgehead atoms. The van der Waals surface area contributed by atoms with Gasteiger partial charge in [-0.2, -0.15) is 0 Å². The van der Waals surface area contributed by atoms with E-state index in [9.17, 15) is 13.6 Å². The topological polar surface area (TPSA) is 50.2 Å². The molecule has 1 N–H and O–H groups in total. The molecule has 2 aromatic rings. The lowest BCUT2D eigenvalue weighted by molar-refractivity contribution is 0.0463. The van der Waals surface area contributed by atoms with Gasteiger partial charge < -0.3 is 14.8 Å². The van der Waals surface area contributed by atoms with E-state index < -0.39 is 13.0 Å². The maximum atomic E-state index is 12.9. The molecular weight excluding hydrogens is 338 g/mol. The lowest BCUT2D eigenvalue weighted by Gasteiger charge is -2.47. The first-order chi connectivity index (χ1) is 12.5. The molecule has 140 valence electrons. The first-order valence-electron chi connectivity index (χ1n) is 9.27. The van der Waals surface area contributed by atoms with E-state index in [2.05, 4.69) is 22.2 Å². The van der Waals surface area contributed by atoms with Gasteiger partial charge in [0.15, 0.2) is 0 Å². The van der Waals surface area contributed by atoms with Crippen molar-refractivity contribution in [3.8, 4) is 0 Å². The van der Waals surface area contributed by atoms with Gasteiger partial charge in [0.05, 0.1) is 12.1 Å². The van der Waals surface area contributed by atoms with Gasteiger partial charge in [-0.25, -0.2) is 13.8 Å². The van der Waals surface area contributed by atoms with Crippen molar-refractivity contribution in [1.29, 1.82) is 0 Å². The average Bonchev–Trinajstić information content (AvgIpc) is 2.94. The third-order valence-electron chi connectivity index (χ3n) is 5.89. The number of halogens is 2. The van der Waals surface area contributed by atoms with Crippen LogP contribution in [0.25, 0.3) is 11.0 Å². The van der Waals surface area contributed by atoms with E-state index in [-0.39, 0.29) is 11.9 Å². The highest BCUT2D eigenvalue weighted by Gasteiger charge is 2.36. The standard InChI is InChI=1S/C19H24F2N4O/c1-24-13-4-2-5-14(24)9-12(8-13)23-19(26)16-10-25(11-17(20)21)18-15(16)6-3-7-22-18/h3,6-7,10,12-14,17H,2,4-5,8-9,11H2,1H3,(H,23,26)/t12?,13-,14+. The Morgan fingerprint density at radius 3 is 2.77 bits per heavy atom. The summed E-state index contributed by atoms with van der Waals surface area (Å²) in [6, 6.07) is 4.68. The third kappa shape index (κ3) is 3.20. The number of pyridine rings is 1. The number of fused-ring (bicyclic) bond motifs is 3. The van der Waals surface area contributed by atoms with E-state index >= 15 is 0 Å². The van der Waals surface area contributed by atoms with E-state index in [1.165, 1.54) is 30.0 Å². The van der Waals surface area contributed by atoms with Crippen LogP contribution in [0.5, 0.6) is 0 Å². The van der Waals surface area contributed by atoms with Gasteiger partial charge in [0.2, 0.25) is 0 Å². The number of nitrogens with zero attached hydrogens (tertiary/aromatic N) is 3. The molecule has 5 nitrogen and oxygen atoms in total. The Labute approximate surface area is 151 Å². The van der Waals surface area contributed by atoms with Crippen LogP contribution in [0.1, 0.15) is 42.5 Å². The Kier molecular flexibility index (Phi) is 4.65. The van der Waals surface area contributed by atoms with Crippen molar-refractivity contribution < 1.29 is 13.6 Å². The van der Waals surface area contributed by atoms with Gasteiger partial charge >= 0.3 is 0 Å². The van der Waals surface area contributed by atoms with Crippen LogP contribution in [0.4, 0.5) is 8.78 Å². The number of hydrogen-bond acceptors (Lipinski definition) is 3. The second-order valence-electron chi connectivity index (χ2n) is 7.51. The number of hydrogen-bond donors (Lipinski definition) is 1. The zero-order valence-electron chi connectivity index (χ0n) is 14.9. The number of nitrogens with one attached hydrogen (secondary N) is 1. The molecule has 0 saturated carbocycles. The van der Waals surface area contributed by atoms with E-state index in [0.717, 1.165) is 12.8 Å². The summed E-state index contributed by atoms with van der Waals surface area (Å²) in [4.78, 5) is 19.5. The normalized spacial score (nSPS) is 26.4. The summed E-state index contributed by atoms with van der Waals surface area (Å²) < 4.78 is 27.1. The minimum Gasteiger partial charge on any atom is -0.349 e. The molecule has 4 rings (SSSR count). The fraction of sp³-hybridized carbons (Fsp3) is 0.579. The summed E-state index contributed by atoms with van der Waals surface area (Å²) in [7, 11) is 2.18. The predicted octanol–water partition coefficient (Wildman–Crippen LogP) is 3.05. The Bertz CT molecular complexity index is 792. The summed E-state index contributed by atoms with van der Waals surface area (Å²) in [5.41, 5.74) is 0.857. The summed E-state index contributed by atoms with van der Waals surface area (Å²) in [5, 5.41) is 3.77. The summed E-state index contributed by atoms with van der Waals surface area (Å²) in [5.74, 6) is -0.191. The number of carbonyl (C=O) groups excluding carboxylic acids is 1. The minimum absolute atomic E-state index is 0.138. The van der Waals surface area contributed by atoms with Crippen molar-refractivity contribution in [1.82, 2.24) is 19.8 Å². The quantitative estimate of drug-likeness (QED) is 0.910. The first kappa shape index (κ1) is 17.4. The molecule has 2 fully saturated rings. The fourth-order valence-electron chi connectivity index (χ4n) is 4.59. The van der Waals surface area contributed by atoms with Crippen LogP contribution in [-0.4, -0.2) is 52.0 Å². The predicted molar refractivity (Wildman–Crippen MR) is 95.4 cm³/mol. The van der Waals surface area contributed by atoms with Crippen molar-refractivity contribution in [2.75, 3.05) is 7.05 Å². The smallest absolute Gasteiger partial charge is 0.256 e. The monoisotopic (exact) mass is 362 g/mol. The molecule has 2 aromatic heterocycles. The molecule has 2 aliphatic heterocycles. The van der Waals surface area contributed by atoms with Gasteiger partial charge in [0.25, 0.3) is 12.3 Å². The second-order valence-corrected chi connectivity index (χ2v) is 7.51. The maximum Gasteiger partial charge on any atom is 0.256 e. The molecule has 1 unspecified atom stereocenters. The van der Waals surface area contributed by atoms with E-state index in [1.54, 1.807) is 18.3 Å². The molecule has 0 spiro atoms. The average molecular weight is 362 g/mol. The molecule has 0 aromatic carbocycles. The number of amides is 1. The molecule has 2 aliphatic rings. The largest absolute Gasteiger partial charge is 0.349 e. The lowest BCUT2D eigenvalue weighted by atomic mass is 9.82. The van der Waals surface area contributed by atoms with Crippen molar-refractivity contribution in [3.05, 3.63) is 30.1 Å². The lowest BCUT2D eigenvalue weighted by Crippen LogP contribution is -2.55. The van der Waals surface area contributed by atoms with Crippen LogP contribution < -0.4 is 5.32 Å². The van der Waals surface area contributed by atoms with Gasteiger partial charge in [-0.1, -0.05) is 6.42 Å². The molecule has 3 atom stereocenters. The van der Waals surface area contributed by atoms with Gasteiger partial charge in [-0.3, -0.25) is 4.79 Å². The minimum atomic E-state index is -2.49. The van der Waals surface area contributed by atoms with Crippen molar-refractivity contribution in [2.24, 2.45) is 0 Å². The van der Waals surface area contributed by atoms with Crippen LogP contribution in [0.2, 0.25) is 0 Å². The number of carbonyl (C=O) groups is 1. The third-order valence-corrected chi connectivity index (χ3v) is 5.89. The Balaban J connectivity index is 1.55. The molecule has 4 heterocycles. The van der Waals surface area contributed by atoms with Crippen molar-refractivity contribution in [2.45, 2.75) is 63.2 Å². The van der Waals surface area contributed by atoms with E-state index in [0.29, 0.717) is 28.7 Å². The molecule has 0 aliphatic carbocycles. The molecule has 7 heteroatoms. The van der Waals surface area contributed by atoms with Crippen LogP contribution >= 0.6 is 0 Å². The van der Waals surface area contributed by atoms with E-state index in [1.807, 2.05) is 0 Å². The highest BCUT2D eigenvalue weighted by molar-refractivity contribution is 6.06. The summed E-state index contributed by atoms with van der Waals surface area (Å²) in [6.07, 6.45) is 6.09. The Morgan fingerprint density at radius 2 is 2.08 bits per heavy atom. The SMILES string of the molecule is CN1[C@@H]2CCC[C@H]1CC(NC(=O)c1cn(CC(F)F)c3ncccc13)C2. The van der Waals surface area contributed by atoms with Gasteiger partial charge in [-0.05, 0) is 44.9 Å². The molecule has 1 amide bonds. The Morgan fingerprint density at radius 1 is 1.35 bits per heavy atom. The highest BCUT2D eigenvalue weighted by Crippen LogP contribution is 2.33. The van der Waals surface area contributed by atoms with Crippen LogP contribution in [-0.2, 0) is 6.54 Å². The number of piperidine rings is 2. The summed E-state index contributed by atoms with van der Waals surface area (Å²) in [6.45, 7) is -0.459. The van der Waals surface area contributed by atoms with Crippen LogP contribution in [0.15, 0.2) is 24.5 Å². The van der Waals surface area contributed by atoms with Crippen molar-refractivity contribution >= 4 is 16.9 Å². The van der Waals surface area contributed by atoms with Crippen molar-refractivity contribution in [3.63, 3.8) is 0 Å². The molecule has 2 saturated heterocycles. The maximum absolute atomic E-state index is 12.9. The van der Waals surface area contributed by atoms with Gasteiger partial charge in [-0.15, -0.1) is 0 Å². The molecular formula is C19H24F2N4O. The second kappa shape index (κ2) is 6.95. The number of alkyl halides is 2. The van der Waals surface area contributed by atoms with Gasteiger partial charge in [0, 0.05) is 35.9 Å². The number of rotatable bonds is 4. The fourth-order valence-corrected chi connectivity index (χ4v) is 4.59. The van der Waals surface area contributed by atoms with E-state index in [4.69, 9.17) is 0 Å². The zero-order chi connectivity index (χ0) is 18.3. The summed E-state index contributed by atoms with van der Waals surface area (Å²) >= 11 is 0. The first-order valence-corrected chi connectivity index (χ1v) is 9.27. The van der Waals surface area contributed by atoms with Gasteiger partial charge in [0.1, 0.15) is 5.65 Å².